The van der Waals surface area contributed by atoms with Crippen LogP contribution in [0.4, 0.5) is 5.13 Å². The summed E-state index contributed by atoms with van der Waals surface area (Å²) in [4.78, 5) is 30.3. The number of carbonyl (C=O) groups is 2. The zero-order valence-electron chi connectivity index (χ0n) is 17.7. The average Bonchev–Trinajstić information content (AvgIpc) is 3.43. The van der Waals surface area contributed by atoms with E-state index >= 15 is 0 Å². The van der Waals surface area contributed by atoms with Crippen LogP contribution >= 0.6 is 11.3 Å². The number of Topliss-reactive ketones (excluding diaryl/α,β-unsaturated/α-hetero) is 1. The van der Waals surface area contributed by atoms with Gasteiger partial charge in [0.15, 0.2) is 10.9 Å². The number of hydrogen-bond acceptors (Lipinski definition) is 6. The minimum absolute atomic E-state index is 0.147. The summed E-state index contributed by atoms with van der Waals surface area (Å²) in [5.74, 6) is -0.590. The molecule has 0 saturated carbocycles. The molecule has 3 aromatic rings. The van der Waals surface area contributed by atoms with Crippen molar-refractivity contribution in [3.8, 4) is 11.3 Å². The Kier molecular flexibility index (Phi) is 6.23. The number of sulfonamides is 1. The van der Waals surface area contributed by atoms with E-state index in [0.29, 0.717) is 23.4 Å². The van der Waals surface area contributed by atoms with E-state index in [2.05, 4.69) is 10.3 Å². The molecule has 166 valence electrons. The van der Waals surface area contributed by atoms with Gasteiger partial charge in [0.2, 0.25) is 15.9 Å². The van der Waals surface area contributed by atoms with Crippen LogP contribution in [0.15, 0.2) is 59.5 Å². The minimum atomic E-state index is -3.80. The Bertz CT molecular complexity index is 1250. The lowest BCUT2D eigenvalue weighted by molar-refractivity contribution is -0.119. The maximum atomic E-state index is 13.1. The third kappa shape index (κ3) is 4.36. The molecule has 1 saturated heterocycles. The Morgan fingerprint density at radius 2 is 1.78 bits per heavy atom. The van der Waals surface area contributed by atoms with E-state index in [4.69, 9.17) is 0 Å². The first-order valence-electron chi connectivity index (χ1n) is 10.2. The fraction of sp³-hybridized carbons (Fsp3) is 0.261. The Labute approximate surface area is 191 Å². The van der Waals surface area contributed by atoms with Crippen molar-refractivity contribution >= 4 is 38.2 Å². The molecule has 1 aliphatic heterocycles. The summed E-state index contributed by atoms with van der Waals surface area (Å²) < 4.78 is 27.5. The van der Waals surface area contributed by atoms with Gasteiger partial charge in [-0.05, 0) is 31.9 Å². The van der Waals surface area contributed by atoms with Gasteiger partial charge >= 0.3 is 0 Å². The van der Waals surface area contributed by atoms with Crippen LogP contribution in [0.1, 0.15) is 35.0 Å². The quantitative estimate of drug-likeness (QED) is 0.548. The van der Waals surface area contributed by atoms with Crippen LogP contribution in [-0.4, -0.2) is 42.0 Å². The fourth-order valence-electron chi connectivity index (χ4n) is 3.73. The molecular weight excluding hydrogens is 446 g/mol. The topological polar surface area (TPSA) is 96.4 Å². The first kappa shape index (κ1) is 22.3. The van der Waals surface area contributed by atoms with Gasteiger partial charge in [-0.2, -0.15) is 4.31 Å². The van der Waals surface area contributed by atoms with Gasteiger partial charge in [0.25, 0.3) is 0 Å². The Morgan fingerprint density at radius 3 is 2.44 bits per heavy atom. The van der Waals surface area contributed by atoms with E-state index in [9.17, 15) is 18.0 Å². The second-order valence-corrected chi connectivity index (χ2v) is 10.6. The predicted octanol–water partition coefficient (Wildman–Crippen LogP) is 4.11. The molecule has 2 aromatic carbocycles. The number of benzene rings is 2. The number of nitrogens with one attached hydrogen (secondary N) is 1. The number of rotatable bonds is 6. The highest BCUT2D eigenvalue weighted by Crippen LogP contribution is 2.33. The maximum Gasteiger partial charge on any atom is 0.244 e. The second-order valence-electron chi connectivity index (χ2n) is 7.70. The number of carbonyl (C=O) groups excluding carboxylic acids is 2. The van der Waals surface area contributed by atoms with Gasteiger partial charge in [0, 0.05) is 19.0 Å². The van der Waals surface area contributed by atoms with Crippen LogP contribution in [-0.2, 0) is 14.8 Å². The maximum absolute atomic E-state index is 13.1. The highest BCUT2D eigenvalue weighted by Gasteiger charge is 2.39. The van der Waals surface area contributed by atoms with Crippen LogP contribution in [0.25, 0.3) is 11.3 Å². The highest BCUT2D eigenvalue weighted by atomic mass is 32.2. The van der Waals surface area contributed by atoms with Crippen molar-refractivity contribution in [1.29, 1.82) is 0 Å². The number of amides is 1. The predicted molar refractivity (Wildman–Crippen MR) is 124 cm³/mol. The van der Waals surface area contributed by atoms with Gasteiger partial charge in [-0.25, -0.2) is 13.4 Å². The number of ketones is 1. The van der Waals surface area contributed by atoms with Gasteiger partial charge in [-0.1, -0.05) is 59.4 Å². The number of aryl methyl sites for hydroxylation is 1. The number of anilines is 1. The molecule has 2 heterocycles. The summed E-state index contributed by atoms with van der Waals surface area (Å²) in [5.41, 5.74) is 2.24. The number of nitrogens with zero attached hydrogens (tertiary/aromatic N) is 2. The second kappa shape index (κ2) is 8.93. The van der Waals surface area contributed by atoms with E-state index in [1.807, 2.05) is 37.3 Å². The Hall–Kier alpha value is -2.88. The van der Waals surface area contributed by atoms with E-state index in [1.165, 1.54) is 11.2 Å². The molecule has 0 bridgehead atoms. The molecule has 1 unspecified atom stereocenters. The lowest BCUT2D eigenvalue weighted by Gasteiger charge is -2.23. The SMILES string of the molecule is CC(=O)c1sc(NC(=O)C2CCCN2S(=O)(=O)c2ccc(C)cc2)nc1-c1ccccc1. The molecule has 0 aliphatic carbocycles. The molecule has 0 spiro atoms. The summed E-state index contributed by atoms with van der Waals surface area (Å²) in [5, 5.41) is 3.02. The van der Waals surface area contributed by atoms with Crippen molar-refractivity contribution in [2.45, 2.75) is 37.6 Å². The van der Waals surface area contributed by atoms with E-state index < -0.39 is 22.0 Å². The van der Waals surface area contributed by atoms with Crippen LogP contribution in [0, 0.1) is 6.92 Å². The first-order valence-corrected chi connectivity index (χ1v) is 12.5. The molecule has 32 heavy (non-hydrogen) atoms. The highest BCUT2D eigenvalue weighted by molar-refractivity contribution is 7.89. The van der Waals surface area contributed by atoms with Crippen molar-refractivity contribution in [2.75, 3.05) is 11.9 Å². The van der Waals surface area contributed by atoms with Gasteiger partial charge in [0.1, 0.15) is 6.04 Å². The number of aromatic nitrogens is 1. The summed E-state index contributed by atoms with van der Waals surface area (Å²) in [6.45, 7) is 3.62. The van der Waals surface area contributed by atoms with Gasteiger partial charge in [0.05, 0.1) is 15.5 Å². The molecule has 7 nitrogen and oxygen atoms in total. The number of thiazole rings is 1. The van der Waals surface area contributed by atoms with Crippen molar-refractivity contribution in [1.82, 2.24) is 9.29 Å². The molecule has 1 aliphatic rings. The van der Waals surface area contributed by atoms with Crippen LogP contribution in [0.3, 0.4) is 0 Å². The molecule has 1 atom stereocenters. The van der Waals surface area contributed by atoms with E-state index in [-0.39, 0.29) is 22.4 Å². The lowest BCUT2D eigenvalue weighted by atomic mass is 10.1. The largest absolute Gasteiger partial charge is 0.301 e. The van der Waals surface area contributed by atoms with Crippen molar-refractivity contribution < 1.29 is 18.0 Å². The van der Waals surface area contributed by atoms with Gasteiger partial charge < -0.3 is 5.32 Å². The Balaban J connectivity index is 1.58. The van der Waals surface area contributed by atoms with Gasteiger partial charge in [-0.3, -0.25) is 9.59 Å². The molecule has 1 amide bonds. The summed E-state index contributed by atoms with van der Waals surface area (Å²) >= 11 is 1.10. The van der Waals surface area contributed by atoms with Crippen molar-refractivity contribution in [3.63, 3.8) is 0 Å². The molecule has 1 N–H and O–H groups in total. The minimum Gasteiger partial charge on any atom is -0.301 e. The van der Waals surface area contributed by atoms with Crippen molar-refractivity contribution in [3.05, 3.63) is 65.0 Å². The van der Waals surface area contributed by atoms with Crippen LogP contribution < -0.4 is 5.32 Å². The zero-order chi connectivity index (χ0) is 22.9. The summed E-state index contributed by atoms with van der Waals surface area (Å²) in [7, 11) is -3.80. The zero-order valence-corrected chi connectivity index (χ0v) is 19.4. The first-order chi connectivity index (χ1) is 15.3. The van der Waals surface area contributed by atoms with E-state index in [1.54, 1.807) is 24.3 Å². The Morgan fingerprint density at radius 1 is 1.09 bits per heavy atom. The summed E-state index contributed by atoms with van der Waals surface area (Å²) in [6, 6.07) is 15.0. The standard InChI is InChI=1S/C23H23N3O4S2/c1-15-10-12-18(13-11-15)32(29,30)26-14-6-9-19(26)22(28)25-23-24-20(21(31-23)16(2)27)17-7-4-3-5-8-17/h3-5,7-8,10-13,19H,6,9,14H2,1-2H3,(H,24,25,28). The van der Waals surface area contributed by atoms with E-state index in [0.717, 1.165) is 22.5 Å². The molecule has 0 radical (unpaired) electrons. The fourth-order valence-corrected chi connectivity index (χ4v) is 6.27. The molecule has 9 heteroatoms. The van der Waals surface area contributed by atoms with Crippen LogP contribution in [0.2, 0.25) is 0 Å². The smallest absolute Gasteiger partial charge is 0.244 e. The third-order valence-electron chi connectivity index (χ3n) is 5.36. The molecule has 1 fully saturated rings. The molecule has 1 aromatic heterocycles. The van der Waals surface area contributed by atoms with Gasteiger partial charge in [-0.15, -0.1) is 0 Å². The lowest BCUT2D eigenvalue weighted by Crippen LogP contribution is -2.43. The third-order valence-corrected chi connectivity index (χ3v) is 8.35. The molecule has 4 rings (SSSR count). The molecular formula is C23H23N3O4S2. The summed E-state index contributed by atoms with van der Waals surface area (Å²) in [6.07, 6.45) is 1.02. The average molecular weight is 470 g/mol. The van der Waals surface area contributed by atoms with Crippen molar-refractivity contribution in [2.24, 2.45) is 0 Å². The number of hydrogen-bond donors (Lipinski definition) is 1. The normalized spacial score (nSPS) is 16.8. The monoisotopic (exact) mass is 469 g/mol. The van der Waals surface area contributed by atoms with Crippen LogP contribution in [0.5, 0.6) is 0 Å².